The standard InChI is InChI=1S/C13H11NO/c15-13(12-7-3-4-8-14-12)9-10-5-1-2-6-11(10)13/h1-8,15H,9H2. The molecule has 15 heavy (non-hydrogen) atoms. The van der Waals surface area contributed by atoms with Crippen molar-refractivity contribution >= 4 is 0 Å². The number of aromatic nitrogens is 1. The molecular formula is C13H11NO. The molecule has 2 aromatic rings. The van der Waals surface area contributed by atoms with Crippen molar-refractivity contribution in [3.05, 3.63) is 65.5 Å². The molecular weight excluding hydrogens is 186 g/mol. The Morgan fingerprint density at radius 2 is 1.87 bits per heavy atom. The van der Waals surface area contributed by atoms with Gasteiger partial charge in [0, 0.05) is 12.6 Å². The smallest absolute Gasteiger partial charge is 0.136 e. The number of nitrogens with zero attached hydrogens (tertiary/aromatic N) is 1. The van der Waals surface area contributed by atoms with Crippen molar-refractivity contribution in [3.8, 4) is 0 Å². The molecule has 1 unspecified atom stereocenters. The molecule has 0 radical (unpaired) electrons. The van der Waals surface area contributed by atoms with Gasteiger partial charge in [-0.05, 0) is 23.3 Å². The normalized spacial score (nSPS) is 23.0. The van der Waals surface area contributed by atoms with E-state index in [-0.39, 0.29) is 0 Å². The molecule has 0 fully saturated rings. The first kappa shape index (κ1) is 8.62. The monoisotopic (exact) mass is 197 g/mol. The van der Waals surface area contributed by atoms with Gasteiger partial charge in [-0.1, -0.05) is 30.3 Å². The van der Waals surface area contributed by atoms with Crippen LogP contribution in [0.5, 0.6) is 0 Å². The minimum atomic E-state index is -0.863. The van der Waals surface area contributed by atoms with Crippen LogP contribution in [0.25, 0.3) is 0 Å². The van der Waals surface area contributed by atoms with Crippen LogP contribution >= 0.6 is 0 Å². The van der Waals surface area contributed by atoms with Crippen LogP contribution < -0.4 is 0 Å². The number of benzene rings is 1. The highest BCUT2D eigenvalue weighted by Crippen LogP contribution is 2.42. The molecule has 74 valence electrons. The summed E-state index contributed by atoms with van der Waals surface area (Å²) in [5, 5.41) is 10.5. The first-order valence-corrected chi connectivity index (χ1v) is 5.03. The summed E-state index contributed by atoms with van der Waals surface area (Å²) in [5.74, 6) is 0. The van der Waals surface area contributed by atoms with E-state index < -0.39 is 5.60 Å². The molecule has 2 nitrogen and oxygen atoms in total. The van der Waals surface area contributed by atoms with E-state index in [1.807, 2.05) is 42.5 Å². The van der Waals surface area contributed by atoms with Gasteiger partial charge < -0.3 is 5.11 Å². The Hall–Kier alpha value is -1.67. The summed E-state index contributed by atoms with van der Waals surface area (Å²) < 4.78 is 0. The van der Waals surface area contributed by atoms with Crippen LogP contribution in [-0.4, -0.2) is 10.1 Å². The van der Waals surface area contributed by atoms with Crippen molar-refractivity contribution < 1.29 is 5.11 Å². The zero-order chi connectivity index (χ0) is 10.3. The van der Waals surface area contributed by atoms with E-state index in [1.54, 1.807) is 6.20 Å². The van der Waals surface area contributed by atoms with E-state index in [0.29, 0.717) is 6.42 Å². The van der Waals surface area contributed by atoms with Gasteiger partial charge in [0.15, 0.2) is 0 Å². The summed E-state index contributed by atoms with van der Waals surface area (Å²) in [6, 6.07) is 13.6. The zero-order valence-electron chi connectivity index (χ0n) is 8.22. The second-order valence-corrected chi connectivity index (χ2v) is 3.91. The Bertz CT molecular complexity index is 495. The van der Waals surface area contributed by atoms with Crippen LogP contribution in [0.2, 0.25) is 0 Å². The van der Waals surface area contributed by atoms with Gasteiger partial charge in [-0.2, -0.15) is 0 Å². The number of fused-ring (bicyclic) bond motifs is 1. The third kappa shape index (κ3) is 1.12. The van der Waals surface area contributed by atoms with Gasteiger partial charge in [0.25, 0.3) is 0 Å². The molecule has 0 saturated heterocycles. The molecule has 0 aliphatic heterocycles. The number of aliphatic hydroxyl groups is 1. The summed E-state index contributed by atoms with van der Waals surface area (Å²) in [6.07, 6.45) is 2.38. The van der Waals surface area contributed by atoms with E-state index in [1.165, 1.54) is 5.56 Å². The Morgan fingerprint density at radius 3 is 2.60 bits per heavy atom. The molecule has 1 aliphatic carbocycles. The molecule has 3 rings (SSSR count). The van der Waals surface area contributed by atoms with Crippen molar-refractivity contribution in [1.82, 2.24) is 4.98 Å². The fourth-order valence-electron chi connectivity index (χ4n) is 2.18. The molecule has 1 atom stereocenters. The number of hydrogen-bond donors (Lipinski definition) is 1. The molecule has 0 spiro atoms. The average Bonchev–Trinajstić information content (AvgIpc) is 2.29. The van der Waals surface area contributed by atoms with Crippen LogP contribution in [0.4, 0.5) is 0 Å². The van der Waals surface area contributed by atoms with Gasteiger partial charge >= 0.3 is 0 Å². The van der Waals surface area contributed by atoms with Gasteiger partial charge in [-0.25, -0.2) is 0 Å². The minimum absolute atomic E-state index is 0.667. The van der Waals surface area contributed by atoms with Crippen LogP contribution in [0.15, 0.2) is 48.7 Å². The molecule has 0 saturated carbocycles. The largest absolute Gasteiger partial charge is 0.378 e. The highest BCUT2D eigenvalue weighted by molar-refractivity contribution is 5.48. The highest BCUT2D eigenvalue weighted by Gasteiger charge is 2.42. The van der Waals surface area contributed by atoms with Crippen molar-refractivity contribution in [2.45, 2.75) is 12.0 Å². The van der Waals surface area contributed by atoms with E-state index >= 15 is 0 Å². The Kier molecular flexibility index (Phi) is 1.67. The second-order valence-electron chi connectivity index (χ2n) is 3.91. The molecule has 1 aromatic heterocycles. The van der Waals surface area contributed by atoms with Crippen molar-refractivity contribution in [2.24, 2.45) is 0 Å². The summed E-state index contributed by atoms with van der Waals surface area (Å²) >= 11 is 0. The lowest BCUT2D eigenvalue weighted by Crippen LogP contribution is -2.40. The maximum absolute atomic E-state index is 10.5. The molecule has 1 N–H and O–H groups in total. The molecule has 0 bridgehead atoms. The minimum Gasteiger partial charge on any atom is -0.378 e. The summed E-state index contributed by atoms with van der Waals surface area (Å²) in [4.78, 5) is 4.22. The topological polar surface area (TPSA) is 33.1 Å². The maximum atomic E-state index is 10.5. The van der Waals surface area contributed by atoms with Gasteiger partial charge in [0.05, 0.1) is 5.69 Å². The predicted molar refractivity (Wildman–Crippen MR) is 57.4 cm³/mol. The molecule has 2 heteroatoms. The molecule has 1 heterocycles. The van der Waals surface area contributed by atoms with Crippen molar-refractivity contribution in [2.75, 3.05) is 0 Å². The quantitative estimate of drug-likeness (QED) is 0.757. The van der Waals surface area contributed by atoms with E-state index in [0.717, 1.165) is 11.3 Å². The van der Waals surface area contributed by atoms with Gasteiger partial charge in [-0.15, -0.1) is 0 Å². The first-order valence-electron chi connectivity index (χ1n) is 5.03. The predicted octanol–water partition coefficient (Wildman–Crippen LogP) is 1.87. The number of rotatable bonds is 1. The maximum Gasteiger partial charge on any atom is 0.136 e. The Morgan fingerprint density at radius 1 is 1.07 bits per heavy atom. The SMILES string of the molecule is OC1(c2ccccn2)Cc2ccccc21. The summed E-state index contributed by atoms with van der Waals surface area (Å²) in [6.45, 7) is 0. The number of pyridine rings is 1. The Balaban J connectivity index is 2.10. The molecule has 1 aliphatic rings. The van der Waals surface area contributed by atoms with Gasteiger partial charge in [0.2, 0.25) is 0 Å². The van der Waals surface area contributed by atoms with Crippen LogP contribution in [-0.2, 0) is 12.0 Å². The van der Waals surface area contributed by atoms with Crippen molar-refractivity contribution in [1.29, 1.82) is 0 Å². The molecule has 0 amide bonds. The second kappa shape index (κ2) is 2.91. The lowest BCUT2D eigenvalue weighted by Gasteiger charge is -2.38. The third-order valence-corrected chi connectivity index (χ3v) is 3.00. The third-order valence-electron chi connectivity index (χ3n) is 3.00. The molecule has 1 aromatic carbocycles. The average molecular weight is 197 g/mol. The van der Waals surface area contributed by atoms with Gasteiger partial charge in [0.1, 0.15) is 5.60 Å². The van der Waals surface area contributed by atoms with Crippen molar-refractivity contribution in [3.63, 3.8) is 0 Å². The summed E-state index contributed by atoms with van der Waals surface area (Å²) in [5.41, 5.74) is 2.08. The van der Waals surface area contributed by atoms with E-state index in [4.69, 9.17) is 0 Å². The first-order chi connectivity index (χ1) is 7.31. The lowest BCUT2D eigenvalue weighted by molar-refractivity contribution is 0.0518. The number of hydrogen-bond acceptors (Lipinski definition) is 2. The van der Waals surface area contributed by atoms with Crippen LogP contribution in [0.1, 0.15) is 16.8 Å². The van der Waals surface area contributed by atoms with Gasteiger partial charge in [-0.3, -0.25) is 4.98 Å². The van der Waals surface area contributed by atoms with Crippen LogP contribution in [0.3, 0.4) is 0 Å². The fraction of sp³-hybridized carbons (Fsp3) is 0.154. The van der Waals surface area contributed by atoms with E-state index in [2.05, 4.69) is 4.98 Å². The lowest BCUT2D eigenvalue weighted by atomic mass is 9.71. The highest BCUT2D eigenvalue weighted by atomic mass is 16.3. The summed E-state index contributed by atoms with van der Waals surface area (Å²) in [7, 11) is 0. The fourth-order valence-corrected chi connectivity index (χ4v) is 2.18. The van der Waals surface area contributed by atoms with E-state index in [9.17, 15) is 5.11 Å². The zero-order valence-corrected chi connectivity index (χ0v) is 8.22. The Labute approximate surface area is 88.2 Å². The van der Waals surface area contributed by atoms with Crippen LogP contribution in [0, 0.1) is 0 Å².